The van der Waals surface area contributed by atoms with Crippen LogP contribution in [0.15, 0.2) is 100 Å². The molecule has 0 radical (unpaired) electrons. The molecule has 5 rings (SSSR count). The van der Waals surface area contributed by atoms with E-state index in [2.05, 4.69) is 10.6 Å². The van der Waals surface area contributed by atoms with Crippen molar-refractivity contribution in [3.05, 3.63) is 112 Å². The van der Waals surface area contributed by atoms with Crippen LogP contribution in [0.4, 0.5) is 5.69 Å². The molecule has 0 unspecified atom stereocenters. The fraction of sp³-hybridized carbons (Fsp3) is 0.200. The van der Waals surface area contributed by atoms with Gasteiger partial charge in [0, 0.05) is 45.8 Å². The van der Waals surface area contributed by atoms with Crippen LogP contribution < -0.4 is 21.5 Å². The minimum Gasteiger partial charge on any atom is -0.382 e. The van der Waals surface area contributed by atoms with Crippen molar-refractivity contribution in [1.29, 1.82) is 0 Å². The third-order valence-corrected chi connectivity index (χ3v) is 11.4. The van der Waals surface area contributed by atoms with Crippen LogP contribution in [-0.4, -0.2) is 52.1 Å². The molecule has 1 aromatic heterocycles. The number of primary amides is 1. The highest BCUT2D eigenvalue weighted by Crippen LogP contribution is 2.28. The Labute approximate surface area is 271 Å². The Bertz CT molecular complexity index is 1840. The zero-order valence-electron chi connectivity index (χ0n) is 23.9. The van der Waals surface area contributed by atoms with Crippen molar-refractivity contribution in [2.24, 2.45) is 10.9 Å². The summed E-state index contributed by atoms with van der Waals surface area (Å²) in [5.41, 5.74) is 6.61. The molecule has 11 nitrogen and oxygen atoms in total. The lowest BCUT2D eigenvalue weighted by Gasteiger charge is -2.31. The van der Waals surface area contributed by atoms with E-state index in [1.165, 1.54) is 16.4 Å². The number of anilines is 1. The summed E-state index contributed by atoms with van der Waals surface area (Å²) in [5, 5.41) is 11.8. The first-order chi connectivity index (χ1) is 21.3. The molecule has 0 aliphatic carbocycles. The maximum atomic E-state index is 13.1. The zero-order chi connectivity index (χ0) is 32.6. The lowest BCUT2D eigenvalue weighted by molar-refractivity contribution is 0.0950. The maximum absolute atomic E-state index is 13.1. The summed E-state index contributed by atoms with van der Waals surface area (Å²) in [4.78, 5) is 23.5. The van der Waals surface area contributed by atoms with Crippen LogP contribution in [0.5, 0.6) is 0 Å². The molecular formula is C30H32ClN5O6S3. The van der Waals surface area contributed by atoms with Gasteiger partial charge in [0.2, 0.25) is 15.9 Å². The van der Waals surface area contributed by atoms with Crippen molar-refractivity contribution < 1.29 is 26.4 Å². The number of hydrogen-bond donors (Lipinski definition) is 4. The number of piperidine rings is 1. The summed E-state index contributed by atoms with van der Waals surface area (Å²) in [7, 11) is -7.46. The van der Waals surface area contributed by atoms with E-state index in [4.69, 9.17) is 22.5 Å². The Hall–Kier alpha value is -3.79. The van der Waals surface area contributed by atoms with E-state index in [1.807, 2.05) is 6.07 Å². The van der Waals surface area contributed by atoms with Gasteiger partial charge in [0.15, 0.2) is 0 Å². The lowest BCUT2D eigenvalue weighted by atomic mass is 10.1. The highest BCUT2D eigenvalue weighted by Gasteiger charge is 2.30. The predicted molar refractivity (Wildman–Crippen MR) is 175 cm³/mol. The van der Waals surface area contributed by atoms with Gasteiger partial charge in [0.25, 0.3) is 15.9 Å². The number of nitrogens with one attached hydrogen (secondary N) is 2. The number of halogens is 1. The summed E-state index contributed by atoms with van der Waals surface area (Å²) in [5.74, 6) is -0.649. The van der Waals surface area contributed by atoms with Crippen molar-refractivity contribution in [1.82, 2.24) is 9.62 Å². The number of amides is 2. The second-order valence-electron chi connectivity index (χ2n) is 10.0. The second kappa shape index (κ2) is 15.0. The van der Waals surface area contributed by atoms with Gasteiger partial charge in [-0.3, -0.25) is 9.59 Å². The third kappa shape index (κ3) is 9.60. The van der Waals surface area contributed by atoms with Gasteiger partial charge in [-0.1, -0.05) is 35.9 Å². The molecule has 3 aromatic carbocycles. The highest BCUT2D eigenvalue weighted by atomic mass is 35.5. The van der Waals surface area contributed by atoms with Crippen LogP contribution in [0.1, 0.15) is 38.4 Å². The van der Waals surface area contributed by atoms with E-state index in [-0.39, 0.29) is 33.5 Å². The zero-order valence-corrected chi connectivity index (χ0v) is 27.1. The van der Waals surface area contributed by atoms with Gasteiger partial charge in [-0.05, 0) is 79.6 Å². The number of benzene rings is 3. The molecule has 0 atom stereocenters. The number of nitrogens with zero attached hydrogens (tertiary/aromatic N) is 1. The first kappa shape index (κ1) is 34.1. The molecular weight excluding hydrogens is 658 g/mol. The minimum atomic E-state index is -3.80. The number of thiophene rings is 1. The fourth-order valence-corrected chi connectivity index (χ4v) is 8.04. The number of carbonyl (C=O) groups excluding carboxylic acids is 2. The highest BCUT2D eigenvalue weighted by molar-refractivity contribution is 7.91. The molecule has 0 saturated carbocycles. The first-order valence-electron chi connectivity index (χ1n) is 13.7. The Morgan fingerprint density at radius 2 is 1.53 bits per heavy atom. The second-order valence-corrected chi connectivity index (χ2v) is 15.4. The fourth-order valence-electron chi connectivity index (χ4n) is 4.43. The van der Waals surface area contributed by atoms with Gasteiger partial charge < -0.3 is 16.4 Å². The predicted octanol–water partition coefficient (Wildman–Crippen LogP) is 4.03. The van der Waals surface area contributed by atoms with E-state index in [9.17, 15) is 26.4 Å². The molecule has 0 bridgehead atoms. The number of hydrogen-bond acceptors (Lipinski definition) is 8. The standard InChI is InChI=1S/C23H25ClN4O5S3.C7H7NO/c24-17-6-4-16(5-7-17)23(29)26-15-20-8-9-22(34-20)36(32,33)28-12-10-18(11-13-28)27-19-2-1-3-21(14-19)35(25,30)31;8-7(9)6-4-2-1-3-5-6/h1-9,14,18,27H,10-13,15H2,(H,26,29)(H2,25,30,31);1-5H,(H2,8,9). The van der Waals surface area contributed by atoms with Crippen LogP contribution in [0.2, 0.25) is 5.02 Å². The number of primary sulfonamides is 1. The molecule has 1 fully saturated rings. The molecule has 0 spiro atoms. The van der Waals surface area contributed by atoms with E-state index in [0.717, 1.165) is 16.2 Å². The first-order valence-corrected chi connectivity index (χ1v) is 17.9. The normalized spacial score (nSPS) is 14.2. The van der Waals surface area contributed by atoms with Gasteiger partial charge in [-0.25, -0.2) is 22.0 Å². The van der Waals surface area contributed by atoms with E-state index in [0.29, 0.717) is 47.8 Å². The molecule has 2 amide bonds. The molecule has 4 aromatic rings. The van der Waals surface area contributed by atoms with Gasteiger partial charge in [-0.2, -0.15) is 4.31 Å². The van der Waals surface area contributed by atoms with Crippen molar-refractivity contribution >= 4 is 60.5 Å². The molecule has 2 heterocycles. The molecule has 6 N–H and O–H groups in total. The SMILES string of the molecule is NC(=O)c1ccccc1.NS(=O)(=O)c1cccc(NC2CCN(S(=O)(=O)c3ccc(CNC(=O)c4ccc(Cl)cc4)s3)CC2)c1. The third-order valence-electron chi connectivity index (χ3n) is 6.81. The van der Waals surface area contributed by atoms with Crippen molar-refractivity contribution in [3.8, 4) is 0 Å². The van der Waals surface area contributed by atoms with Crippen LogP contribution in [-0.2, 0) is 26.6 Å². The summed E-state index contributed by atoms with van der Waals surface area (Å²) in [6.07, 6.45) is 1.13. The maximum Gasteiger partial charge on any atom is 0.252 e. The van der Waals surface area contributed by atoms with Gasteiger partial charge in [-0.15, -0.1) is 11.3 Å². The molecule has 238 valence electrons. The smallest absolute Gasteiger partial charge is 0.252 e. The molecule has 1 aliphatic rings. The molecule has 45 heavy (non-hydrogen) atoms. The molecule has 1 aliphatic heterocycles. The quantitative estimate of drug-likeness (QED) is 0.205. The van der Waals surface area contributed by atoms with Gasteiger partial charge in [0.05, 0.1) is 11.4 Å². The van der Waals surface area contributed by atoms with Crippen LogP contribution in [0, 0.1) is 0 Å². The number of sulfonamides is 2. The topological polar surface area (TPSA) is 182 Å². The van der Waals surface area contributed by atoms with Gasteiger partial charge in [0.1, 0.15) is 4.21 Å². The summed E-state index contributed by atoms with van der Waals surface area (Å²) < 4.78 is 51.1. The Morgan fingerprint density at radius 3 is 2.13 bits per heavy atom. The Balaban J connectivity index is 0.000000440. The monoisotopic (exact) mass is 689 g/mol. The molecule has 15 heteroatoms. The van der Waals surface area contributed by atoms with E-state index < -0.39 is 20.0 Å². The number of rotatable bonds is 9. The van der Waals surface area contributed by atoms with E-state index in [1.54, 1.807) is 72.8 Å². The number of nitrogens with two attached hydrogens (primary N) is 2. The van der Waals surface area contributed by atoms with Crippen molar-refractivity contribution in [2.45, 2.75) is 34.5 Å². The average Bonchev–Trinajstić information content (AvgIpc) is 3.51. The van der Waals surface area contributed by atoms with Crippen LogP contribution >= 0.6 is 22.9 Å². The summed E-state index contributed by atoms with van der Waals surface area (Å²) >= 11 is 6.98. The average molecular weight is 690 g/mol. The van der Waals surface area contributed by atoms with Crippen molar-refractivity contribution in [2.75, 3.05) is 18.4 Å². The lowest BCUT2D eigenvalue weighted by Crippen LogP contribution is -2.42. The molecule has 1 saturated heterocycles. The van der Waals surface area contributed by atoms with Crippen molar-refractivity contribution in [3.63, 3.8) is 0 Å². The summed E-state index contributed by atoms with van der Waals surface area (Å²) in [6.45, 7) is 0.871. The Morgan fingerprint density at radius 1 is 0.867 bits per heavy atom. The Kier molecular flexibility index (Phi) is 11.4. The van der Waals surface area contributed by atoms with Crippen LogP contribution in [0.25, 0.3) is 0 Å². The number of carbonyl (C=O) groups is 2. The van der Waals surface area contributed by atoms with Gasteiger partial charge >= 0.3 is 0 Å². The largest absolute Gasteiger partial charge is 0.382 e. The summed E-state index contributed by atoms with van der Waals surface area (Å²) in [6, 6.07) is 24.8. The van der Waals surface area contributed by atoms with Crippen LogP contribution in [0.3, 0.4) is 0 Å². The minimum absolute atomic E-state index is 0.00541. The van der Waals surface area contributed by atoms with E-state index >= 15 is 0 Å².